The van der Waals surface area contributed by atoms with Crippen molar-refractivity contribution in [2.24, 2.45) is 16.2 Å². The standard InChI is InChI=1S/C19H30INO5/c1-17(2)14(6-8-18(17,3)15(22)23)21(26)12-9-19(10-13-21,16(24)25)7-4-5-11-20/h5,11,14H,4,6-10,12-13H2,1-3H3,(H,22,23)(H,24,25)/b11-5+/t14-,18-,19?,21?/m0/s1/i20-3. The van der Waals surface area contributed by atoms with E-state index in [4.69, 9.17) is 0 Å². The first-order valence-electron chi connectivity index (χ1n) is 9.25. The molecule has 0 aromatic heterocycles. The second-order valence-corrected chi connectivity index (χ2v) is 9.52. The van der Waals surface area contributed by atoms with Crippen LogP contribution < -0.4 is 0 Å². The summed E-state index contributed by atoms with van der Waals surface area (Å²) in [5.74, 6) is -1.66. The molecule has 0 spiro atoms. The zero-order valence-corrected chi connectivity index (χ0v) is 18.0. The van der Waals surface area contributed by atoms with Gasteiger partial charge < -0.3 is 20.1 Å². The number of allylic oxidation sites excluding steroid dienone is 1. The SMILES string of the molecule is CC1(C)[C@@H]([N+]2([O-])CCC(CC/C=C/[124I])(C(=O)O)CC2)CC[C@@]1(C)C(=O)O. The minimum absolute atomic E-state index is 0.254. The van der Waals surface area contributed by atoms with Crippen molar-refractivity contribution in [1.29, 1.82) is 0 Å². The average Bonchev–Trinajstić information content (AvgIpc) is 2.81. The number of aliphatic carboxylic acids is 2. The molecule has 26 heavy (non-hydrogen) atoms. The van der Waals surface area contributed by atoms with E-state index in [-0.39, 0.29) is 19.1 Å². The summed E-state index contributed by atoms with van der Waals surface area (Å²) < 4.78 is 1.44. The van der Waals surface area contributed by atoms with Gasteiger partial charge in [0.25, 0.3) is 0 Å². The van der Waals surface area contributed by atoms with Crippen molar-refractivity contribution in [3.8, 4) is 0 Å². The monoisotopic (exact) mass is 476 g/mol. The van der Waals surface area contributed by atoms with Gasteiger partial charge in [-0.1, -0.05) is 42.5 Å². The lowest BCUT2D eigenvalue weighted by Crippen LogP contribution is -2.62. The Morgan fingerprint density at radius 2 is 1.73 bits per heavy atom. The smallest absolute Gasteiger partial charge is 0.310 e. The third kappa shape index (κ3) is 3.42. The van der Waals surface area contributed by atoms with Crippen molar-refractivity contribution in [2.45, 2.75) is 65.3 Å². The molecule has 2 N–H and O–H groups in total. The summed E-state index contributed by atoms with van der Waals surface area (Å²) in [5, 5.41) is 33.1. The van der Waals surface area contributed by atoms with Crippen molar-refractivity contribution < 1.29 is 24.4 Å². The van der Waals surface area contributed by atoms with Gasteiger partial charge in [-0.2, -0.15) is 0 Å². The first-order valence-corrected chi connectivity index (χ1v) is 10.5. The van der Waals surface area contributed by atoms with Crippen LogP contribution in [-0.4, -0.2) is 45.9 Å². The van der Waals surface area contributed by atoms with E-state index in [1.807, 2.05) is 24.0 Å². The molecule has 6 nitrogen and oxygen atoms in total. The number of carboxylic acids is 2. The van der Waals surface area contributed by atoms with Crippen LogP contribution in [0.4, 0.5) is 0 Å². The van der Waals surface area contributed by atoms with Crippen molar-refractivity contribution in [1.82, 2.24) is 0 Å². The normalized spacial score (nSPS) is 40.0. The minimum Gasteiger partial charge on any atom is -0.633 e. The third-order valence-electron chi connectivity index (χ3n) is 7.48. The molecular formula is C19H30INO5. The van der Waals surface area contributed by atoms with Gasteiger partial charge in [0.05, 0.1) is 30.0 Å². The lowest BCUT2D eigenvalue weighted by atomic mass is 9.66. The topological polar surface area (TPSA) is 97.7 Å². The van der Waals surface area contributed by atoms with Gasteiger partial charge in [-0.05, 0) is 30.3 Å². The highest BCUT2D eigenvalue weighted by atomic mass is 124. The minimum atomic E-state index is -0.917. The lowest BCUT2D eigenvalue weighted by molar-refractivity contribution is -0.918. The van der Waals surface area contributed by atoms with E-state index in [9.17, 15) is 25.0 Å². The fraction of sp³-hybridized carbons (Fsp3) is 0.789. The van der Waals surface area contributed by atoms with E-state index in [1.54, 1.807) is 6.92 Å². The van der Waals surface area contributed by atoms with Crippen molar-refractivity contribution >= 4 is 34.5 Å². The van der Waals surface area contributed by atoms with Crippen molar-refractivity contribution in [3.05, 3.63) is 15.4 Å². The molecule has 0 bridgehead atoms. The summed E-state index contributed by atoms with van der Waals surface area (Å²) in [6, 6.07) is -0.301. The average molecular weight is 476 g/mol. The molecular weight excluding hydrogens is 446 g/mol. The Morgan fingerprint density at radius 3 is 2.15 bits per heavy atom. The molecule has 0 unspecified atom stereocenters. The summed E-state index contributed by atoms with van der Waals surface area (Å²) in [4.78, 5) is 23.7. The number of likely N-dealkylation sites (tertiary alicyclic amines) is 1. The quantitative estimate of drug-likeness (QED) is 0.341. The molecule has 2 atom stereocenters. The van der Waals surface area contributed by atoms with E-state index in [2.05, 4.69) is 22.6 Å². The number of hydrogen-bond acceptors (Lipinski definition) is 3. The first kappa shape index (κ1) is 21.6. The lowest BCUT2D eigenvalue weighted by Gasteiger charge is -2.57. The Morgan fingerprint density at radius 1 is 1.15 bits per heavy atom. The van der Waals surface area contributed by atoms with Crippen LogP contribution in [0.5, 0.6) is 0 Å². The summed E-state index contributed by atoms with van der Waals surface area (Å²) in [5.41, 5.74) is -2.38. The summed E-state index contributed by atoms with van der Waals surface area (Å²) in [6.45, 7) is 6.03. The van der Waals surface area contributed by atoms with Gasteiger partial charge in [-0.3, -0.25) is 9.59 Å². The van der Waals surface area contributed by atoms with Gasteiger partial charge in [0.2, 0.25) is 0 Å². The number of piperidine rings is 1. The molecule has 148 valence electrons. The van der Waals surface area contributed by atoms with Crippen LogP contribution in [0.25, 0.3) is 0 Å². The number of hydrogen-bond donors (Lipinski definition) is 2. The molecule has 0 aromatic carbocycles. The maximum absolute atomic E-state index is 13.6. The molecule has 0 amide bonds. The highest BCUT2D eigenvalue weighted by Gasteiger charge is 2.62. The molecule has 1 saturated heterocycles. The molecule has 1 aliphatic heterocycles. The maximum Gasteiger partial charge on any atom is 0.310 e. The summed E-state index contributed by atoms with van der Waals surface area (Å²) in [7, 11) is 0. The van der Waals surface area contributed by atoms with E-state index in [0.29, 0.717) is 38.5 Å². The molecule has 1 heterocycles. The Kier molecular flexibility index (Phi) is 6.15. The van der Waals surface area contributed by atoms with Crippen LogP contribution in [0, 0.1) is 21.5 Å². The molecule has 2 aliphatic rings. The fourth-order valence-electron chi connectivity index (χ4n) is 5.03. The molecule has 7 heteroatoms. The van der Waals surface area contributed by atoms with E-state index < -0.39 is 32.8 Å². The maximum atomic E-state index is 13.6. The van der Waals surface area contributed by atoms with Crippen molar-refractivity contribution in [3.63, 3.8) is 0 Å². The number of nitrogens with zero attached hydrogens (tertiary/aromatic N) is 1. The third-order valence-corrected chi connectivity index (χ3v) is 7.99. The largest absolute Gasteiger partial charge is 0.633 e. The fourth-order valence-corrected chi connectivity index (χ4v) is 5.39. The number of rotatable bonds is 6. The zero-order chi connectivity index (χ0) is 19.8. The van der Waals surface area contributed by atoms with Crippen LogP contribution in [0.3, 0.4) is 0 Å². The Labute approximate surface area is 168 Å². The van der Waals surface area contributed by atoms with Gasteiger partial charge in [-0.25, -0.2) is 0 Å². The first-order chi connectivity index (χ1) is 12.0. The summed E-state index contributed by atoms with van der Waals surface area (Å²) in [6.07, 6.45) is 4.98. The second-order valence-electron chi connectivity index (χ2n) is 8.80. The number of hydroxylamine groups is 3. The van der Waals surface area contributed by atoms with Crippen molar-refractivity contribution in [2.75, 3.05) is 13.1 Å². The van der Waals surface area contributed by atoms with E-state index >= 15 is 0 Å². The van der Waals surface area contributed by atoms with Gasteiger partial charge in [0, 0.05) is 24.7 Å². The predicted molar refractivity (Wildman–Crippen MR) is 108 cm³/mol. The molecule has 1 aliphatic carbocycles. The molecule has 1 saturated carbocycles. The van der Waals surface area contributed by atoms with E-state index in [1.165, 1.54) is 0 Å². The van der Waals surface area contributed by atoms with Crippen LogP contribution >= 0.6 is 22.6 Å². The molecule has 2 fully saturated rings. The Bertz CT molecular complexity index is 595. The summed E-state index contributed by atoms with van der Waals surface area (Å²) >= 11 is 2.12. The predicted octanol–water partition coefficient (Wildman–Crippen LogP) is 4.17. The number of carbonyl (C=O) groups is 2. The highest BCUT2D eigenvalue weighted by molar-refractivity contribution is 14.1. The Balaban J connectivity index is 2.19. The van der Waals surface area contributed by atoms with Gasteiger partial charge in [0.1, 0.15) is 0 Å². The van der Waals surface area contributed by atoms with E-state index in [0.717, 1.165) is 0 Å². The van der Waals surface area contributed by atoms with Gasteiger partial charge in [0.15, 0.2) is 0 Å². The van der Waals surface area contributed by atoms with Crippen LogP contribution in [0.2, 0.25) is 0 Å². The second kappa shape index (κ2) is 7.39. The number of quaternary nitrogens is 1. The highest BCUT2D eigenvalue weighted by Crippen LogP contribution is 2.57. The number of halogens is 1. The number of carboxylic acid groups (broad SMARTS) is 2. The van der Waals surface area contributed by atoms with Gasteiger partial charge in [-0.15, -0.1) is 0 Å². The molecule has 0 radical (unpaired) electrons. The molecule has 0 aromatic rings. The van der Waals surface area contributed by atoms with Crippen LogP contribution in [0.15, 0.2) is 10.2 Å². The van der Waals surface area contributed by atoms with Crippen LogP contribution in [-0.2, 0) is 9.59 Å². The Hall–Kier alpha value is -0.670. The molecule has 2 rings (SSSR count). The zero-order valence-electron chi connectivity index (χ0n) is 15.8. The van der Waals surface area contributed by atoms with Crippen LogP contribution in [0.1, 0.15) is 59.3 Å². The van der Waals surface area contributed by atoms with Gasteiger partial charge >= 0.3 is 11.9 Å².